The fourth-order valence-corrected chi connectivity index (χ4v) is 5.63. The standard InChI is InChI=1S/C35H46N4O6/c1-9-36-24-13-15-26-32(18-24)45-33-19-25(37(4)5)14-16-27(33)35(26)28-20-29(38(6)7)30(21-31(28)42-8)39(10-2)17-11-12-34(41)44-22-43-23(3)40/h13-16,18-21,35-36H,9-12,17,22H2,1-8H3. The minimum Gasteiger partial charge on any atom is -0.496 e. The number of esters is 2. The summed E-state index contributed by atoms with van der Waals surface area (Å²) >= 11 is 0. The number of hydrogen-bond acceptors (Lipinski definition) is 10. The third-order valence-corrected chi connectivity index (χ3v) is 7.88. The van der Waals surface area contributed by atoms with E-state index >= 15 is 0 Å². The molecule has 1 atom stereocenters. The number of nitrogens with zero attached hydrogens (tertiary/aromatic N) is 3. The van der Waals surface area contributed by atoms with E-state index in [1.54, 1.807) is 7.11 Å². The van der Waals surface area contributed by atoms with Crippen molar-refractivity contribution in [2.75, 3.05) is 81.7 Å². The van der Waals surface area contributed by atoms with E-state index < -0.39 is 11.9 Å². The van der Waals surface area contributed by atoms with Crippen LogP contribution in [-0.2, 0) is 19.1 Å². The van der Waals surface area contributed by atoms with Crippen LogP contribution in [0.25, 0.3) is 0 Å². The zero-order chi connectivity index (χ0) is 32.7. The quantitative estimate of drug-likeness (QED) is 0.130. The molecule has 242 valence electrons. The molecule has 1 aliphatic rings. The lowest BCUT2D eigenvalue weighted by atomic mass is 9.81. The molecule has 1 aliphatic heterocycles. The largest absolute Gasteiger partial charge is 0.496 e. The highest BCUT2D eigenvalue weighted by atomic mass is 16.7. The van der Waals surface area contributed by atoms with Gasteiger partial charge < -0.3 is 39.0 Å². The van der Waals surface area contributed by atoms with Crippen molar-refractivity contribution < 1.29 is 28.5 Å². The number of ether oxygens (including phenoxy) is 4. The molecule has 4 rings (SSSR count). The maximum absolute atomic E-state index is 12.2. The number of nitrogens with one attached hydrogen (secondary N) is 1. The van der Waals surface area contributed by atoms with E-state index in [9.17, 15) is 9.59 Å². The first-order valence-corrected chi connectivity index (χ1v) is 15.4. The molecule has 0 radical (unpaired) electrons. The Morgan fingerprint density at radius 2 is 1.58 bits per heavy atom. The van der Waals surface area contributed by atoms with Gasteiger partial charge in [-0.05, 0) is 38.5 Å². The summed E-state index contributed by atoms with van der Waals surface area (Å²) < 4.78 is 22.4. The first-order valence-electron chi connectivity index (χ1n) is 15.4. The lowest BCUT2D eigenvalue weighted by Crippen LogP contribution is -2.27. The third-order valence-electron chi connectivity index (χ3n) is 7.88. The van der Waals surface area contributed by atoms with E-state index in [2.05, 4.69) is 82.4 Å². The van der Waals surface area contributed by atoms with Crippen molar-refractivity contribution in [1.29, 1.82) is 0 Å². The molecule has 0 spiro atoms. The average Bonchev–Trinajstić information content (AvgIpc) is 3.01. The van der Waals surface area contributed by atoms with Gasteiger partial charge in [0.25, 0.3) is 0 Å². The SMILES string of the molecule is CCNc1ccc2c(c1)Oc1cc(N(C)C)ccc1C2c1cc(N(C)C)c(N(CC)CCCC(=O)OCOC(C)=O)cc1OC. The van der Waals surface area contributed by atoms with Crippen LogP contribution in [0.3, 0.4) is 0 Å². The second-order valence-corrected chi connectivity index (χ2v) is 11.4. The highest BCUT2D eigenvalue weighted by Gasteiger charge is 2.33. The second kappa shape index (κ2) is 14.9. The summed E-state index contributed by atoms with van der Waals surface area (Å²) in [4.78, 5) is 29.5. The number of benzene rings is 3. The summed E-state index contributed by atoms with van der Waals surface area (Å²) in [5.74, 6) is 1.39. The number of fused-ring (bicyclic) bond motifs is 2. The predicted octanol–water partition coefficient (Wildman–Crippen LogP) is 6.22. The van der Waals surface area contributed by atoms with Crippen molar-refractivity contribution >= 4 is 34.7 Å². The van der Waals surface area contributed by atoms with Crippen molar-refractivity contribution in [3.05, 3.63) is 65.2 Å². The Morgan fingerprint density at radius 3 is 2.20 bits per heavy atom. The number of anilines is 4. The van der Waals surface area contributed by atoms with Gasteiger partial charge in [-0.1, -0.05) is 12.1 Å². The molecule has 0 bridgehead atoms. The predicted molar refractivity (Wildman–Crippen MR) is 180 cm³/mol. The molecular weight excluding hydrogens is 572 g/mol. The van der Waals surface area contributed by atoms with Crippen molar-refractivity contribution in [2.45, 2.75) is 39.5 Å². The summed E-state index contributed by atoms with van der Waals surface area (Å²) in [6.07, 6.45) is 0.788. The van der Waals surface area contributed by atoms with Crippen LogP contribution in [0.5, 0.6) is 17.2 Å². The normalized spacial score (nSPS) is 13.1. The van der Waals surface area contributed by atoms with Gasteiger partial charge in [-0.2, -0.15) is 0 Å². The van der Waals surface area contributed by atoms with E-state index in [4.69, 9.17) is 18.9 Å². The number of rotatable bonds is 14. The summed E-state index contributed by atoms with van der Waals surface area (Å²) in [6, 6.07) is 17.0. The van der Waals surface area contributed by atoms with Crippen molar-refractivity contribution in [3.63, 3.8) is 0 Å². The van der Waals surface area contributed by atoms with Crippen LogP contribution in [0.15, 0.2) is 48.5 Å². The molecule has 10 nitrogen and oxygen atoms in total. The van der Waals surface area contributed by atoms with Crippen LogP contribution < -0.4 is 29.5 Å². The lowest BCUT2D eigenvalue weighted by molar-refractivity contribution is -0.165. The molecule has 0 amide bonds. The van der Waals surface area contributed by atoms with Gasteiger partial charge in [0.05, 0.1) is 18.5 Å². The van der Waals surface area contributed by atoms with Crippen LogP contribution in [-0.4, -0.2) is 73.7 Å². The molecular formula is C35H46N4O6. The Morgan fingerprint density at radius 1 is 0.867 bits per heavy atom. The topological polar surface area (TPSA) is 92.8 Å². The fraction of sp³-hybridized carbons (Fsp3) is 0.429. The van der Waals surface area contributed by atoms with Crippen molar-refractivity contribution in [2.24, 2.45) is 0 Å². The first-order chi connectivity index (χ1) is 21.6. The molecule has 1 heterocycles. The Balaban J connectivity index is 1.74. The molecule has 3 aromatic carbocycles. The fourth-order valence-electron chi connectivity index (χ4n) is 5.63. The Labute approximate surface area is 266 Å². The number of carbonyl (C=O) groups excluding carboxylic acids is 2. The Bertz CT molecular complexity index is 1510. The first kappa shape index (κ1) is 33.3. The molecule has 0 saturated heterocycles. The van der Waals surface area contributed by atoms with Gasteiger partial charge in [0.2, 0.25) is 6.79 Å². The van der Waals surface area contributed by atoms with E-state index in [1.807, 2.05) is 28.2 Å². The maximum Gasteiger partial charge on any atom is 0.308 e. The zero-order valence-corrected chi connectivity index (χ0v) is 27.7. The van der Waals surface area contributed by atoms with E-state index in [1.165, 1.54) is 6.92 Å². The van der Waals surface area contributed by atoms with Gasteiger partial charge in [0, 0.05) is 113 Å². The van der Waals surface area contributed by atoms with Crippen LogP contribution in [0.2, 0.25) is 0 Å². The zero-order valence-electron chi connectivity index (χ0n) is 27.7. The monoisotopic (exact) mass is 618 g/mol. The highest BCUT2D eigenvalue weighted by molar-refractivity contribution is 5.77. The van der Waals surface area contributed by atoms with Gasteiger partial charge in [0.15, 0.2) is 0 Å². The van der Waals surface area contributed by atoms with Gasteiger partial charge in [-0.25, -0.2) is 0 Å². The van der Waals surface area contributed by atoms with Crippen LogP contribution in [0.4, 0.5) is 22.7 Å². The molecule has 1 unspecified atom stereocenters. The molecule has 0 saturated carbocycles. The number of methoxy groups -OCH3 is 1. The van der Waals surface area contributed by atoms with E-state index in [0.717, 1.165) is 69.8 Å². The van der Waals surface area contributed by atoms with E-state index in [0.29, 0.717) is 13.0 Å². The van der Waals surface area contributed by atoms with Gasteiger partial charge in [-0.3, -0.25) is 9.59 Å². The Kier molecular flexibility index (Phi) is 11.0. The minimum atomic E-state index is -0.488. The molecule has 0 fully saturated rings. The van der Waals surface area contributed by atoms with Crippen LogP contribution in [0.1, 0.15) is 56.2 Å². The maximum atomic E-state index is 12.2. The summed E-state index contributed by atoms with van der Waals surface area (Å²) in [6.45, 7) is 7.26. The molecule has 3 aromatic rings. The van der Waals surface area contributed by atoms with Crippen LogP contribution >= 0.6 is 0 Å². The Hall–Kier alpha value is -4.60. The number of carbonyl (C=O) groups is 2. The van der Waals surface area contributed by atoms with Crippen LogP contribution in [0, 0.1) is 0 Å². The summed E-state index contributed by atoms with van der Waals surface area (Å²) in [5, 5.41) is 3.40. The highest BCUT2D eigenvalue weighted by Crippen LogP contribution is 2.52. The summed E-state index contributed by atoms with van der Waals surface area (Å²) in [7, 11) is 9.82. The smallest absolute Gasteiger partial charge is 0.308 e. The molecule has 45 heavy (non-hydrogen) atoms. The average molecular weight is 619 g/mol. The minimum absolute atomic E-state index is 0.125. The lowest BCUT2D eigenvalue weighted by Gasteiger charge is -2.33. The van der Waals surface area contributed by atoms with Gasteiger partial charge in [0.1, 0.15) is 17.2 Å². The molecule has 0 aliphatic carbocycles. The molecule has 10 heteroatoms. The van der Waals surface area contributed by atoms with Crippen molar-refractivity contribution in [1.82, 2.24) is 0 Å². The molecule has 0 aromatic heterocycles. The van der Waals surface area contributed by atoms with E-state index in [-0.39, 0.29) is 19.1 Å². The second-order valence-electron chi connectivity index (χ2n) is 11.4. The summed E-state index contributed by atoms with van der Waals surface area (Å²) in [5.41, 5.74) is 7.28. The third kappa shape index (κ3) is 7.74. The van der Waals surface area contributed by atoms with Gasteiger partial charge in [-0.15, -0.1) is 0 Å². The molecule has 1 N–H and O–H groups in total. The van der Waals surface area contributed by atoms with Crippen molar-refractivity contribution in [3.8, 4) is 17.2 Å². The van der Waals surface area contributed by atoms with Gasteiger partial charge >= 0.3 is 11.9 Å². The number of hydrogen-bond donors (Lipinski definition) is 1.